The first-order valence-electron chi connectivity index (χ1n) is 11.4. The number of benzene rings is 1. The molecule has 1 N–H and O–H groups in total. The minimum Gasteiger partial charge on any atom is -0.467 e. The van der Waals surface area contributed by atoms with Gasteiger partial charge in [-0.15, -0.1) is 0 Å². The molecule has 0 saturated carbocycles. The van der Waals surface area contributed by atoms with E-state index in [4.69, 9.17) is 18.6 Å². The molecule has 1 aromatic carbocycles. The number of fused-ring (bicyclic) bond motifs is 3. The summed E-state index contributed by atoms with van der Waals surface area (Å²) in [7, 11) is 0. The van der Waals surface area contributed by atoms with Gasteiger partial charge in [-0.2, -0.15) is 0 Å². The molecule has 0 radical (unpaired) electrons. The lowest BCUT2D eigenvalue weighted by atomic mass is 9.70. The Bertz CT molecular complexity index is 1250. The predicted octanol–water partition coefficient (Wildman–Crippen LogP) is 2.45. The molecule has 174 valence electrons. The Labute approximate surface area is 194 Å². The van der Waals surface area contributed by atoms with Crippen molar-refractivity contribution in [2.75, 3.05) is 12.1 Å². The molecule has 5 aliphatic rings. The molecule has 2 amide bonds. The van der Waals surface area contributed by atoms with Crippen molar-refractivity contribution in [2.45, 2.75) is 37.1 Å². The van der Waals surface area contributed by atoms with Crippen molar-refractivity contribution in [1.29, 1.82) is 0 Å². The second-order valence-corrected chi connectivity index (χ2v) is 9.54. The third-order valence-electron chi connectivity index (χ3n) is 7.89. The fraction of sp³-hybridized carbons (Fsp3) is 0.400. The monoisotopic (exact) mass is 462 g/mol. The Kier molecular flexibility index (Phi) is 3.92. The summed E-state index contributed by atoms with van der Waals surface area (Å²) in [4.78, 5) is 42.2. The van der Waals surface area contributed by atoms with E-state index in [0.29, 0.717) is 22.9 Å². The van der Waals surface area contributed by atoms with Gasteiger partial charge in [0.05, 0.1) is 36.3 Å². The molecular weight excluding hydrogens is 440 g/mol. The smallest absolute Gasteiger partial charge is 0.231 e. The Morgan fingerprint density at radius 1 is 1.18 bits per heavy atom. The number of anilines is 1. The van der Waals surface area contributed by atoms with Gasteiger partial charge in [-0.25, -0.2) is 0 Å². The average molecular weight is 462 g/mol. The van der Waals surface area contributed by atoms with E-state index in [-0.39, 0.29) is 30.8 Å². The van der Waals surface area contributed by atoms with E-state index in [0.717, 1.165) is 0 Å². The number of hydrogen-bond donors (Lipinski definition) is 1. The molecule has 3 saturated heterocycles. The molecule has 7 rings (SSSR count). The molecule has 0 unspecified atom stereocenters. The van der Waals surface area contributed by atoms with E-state index < -0.39 is 41.5 Å². The van der Waals surface area contributed by atoms with Crippen LogP contribution in [0.5, 0.6) is 11.5 Å². The van der Waals surface area contributed by atoms with Gasteiger partial charge < -0.3 is 28.8 Å². The van der Waals surface area contributed by atoms with E-state index in [1.54, 1.807) is 35.2 Å². The number of furan rings is 1. The minimum atomic E-state index is -1.01. The van der Waals surface area contributed by atoms with Crippen LogP contribution in [0, 0.1) is 17.8 Å². The normalized spacial score (nSPS) is 36.7. The highest BCUT2D eigenvalue weighted by molar-refractivity contribution is 6.01. The average Bonchev–Trinajstić information content (AvgIpc) is 3.64. The maximum absolute atomic E-state index is 13.9. The standard InChI is InChI=1S/C25H22N2O7/c1-12-15(28)10-14(16-3-2-8-31-16)27-22(12)25-7-6-18(34-25)20(21(25)24(27)30)23(29)26-13-4-5-17-19(9-13)33-11-32-17/h2-9,12,14,18,20-22H,10-11H2,1H3,(H,26,29)/t12-,14-,18-,20+,21-,22+,25-/m0/s1. The van der Waals surface area contributed by atoms with E-state index in [9.17, 15) is 14.4 Å². The third kappa shape index (κ3) is 2.45. The Morgan fingerprint density at radius 3 is 2.85 bits per heavy atom. The number of ketones is 1. The highest BCUT2D eigenvalue weighted by Gasteiger charge is 2.74. The maximum atomic E-state index is 13.9. The Hall–Kier alpha value is -3.59. The van der Waals surface area contributed by atoms with E-state index in [2.05, 4.69) is 5.32 Å². The zero-order valence-electron chi connectivity index (χ0n) is 18.3. The molecule has 5 aliphatic heterocycles. The summed E-state index contributed by atoms with van der Waals surface area (Å²) >= 11 is 0. The van der Waals surface area contributed by atoms with Gasteiger partial charge in [0, 0.05) is 24.1 Å². The lowest BCUT2D eigenvalue weighted by Crippen LogP contribution is -2.55. The second kappa shape index (κ2) is 6.73. The first-order chi connectivity index (χ1) is 16.5. The van der Waals surface area contributed by atoms with Crippen LogP contribution in [-0.2, 0) is 19.1 Å². The zero-order chi connectivity index (χ0) is 23.2. The van der Waals surface area contributed by atoms with E-state index in [1.165, 1.54) is 6.26 Å². The quantitative estimate of drug-likeness (QED) is 0.698. The molecule has 3 fully saturated rings. The molecule has 1 spiro atoms. The van der Waals surface area contributed by atoms with Crippen molar-refractivity contribution in [3.8, 4) is 11.5 Å². The summed E-state index contributed by atoms with van der Waals surface area (Å²) in [6.45, 7) is 1.98. The number of piperidine rings is 1. The number of ether oxygens (including phenoxy) is 3. The van der Waals surface area contributed by atoms with Crippen LogP contribution in [0.2, 0.25) is 0 Å². The number of hydrogen-bond acceptors (Lipinski definition) is 7. The molecule has 2 aromatic rings. The van der Waals surface area contributed by atoms with Gasteiger partial charge in [-0.3, -0.25) is 14.4 Å². The molecule has 7 atom stereocenters. The lowest BCUT2D eigenvalue weighted by Gasteiger charge is -2.43. The topological polar surface area (TPSA) is 107 Å². The highest BCUT2D eigenvalue weighted by atomic mass is 16.7. The number of Topliss-reactive ketones (excluding diaryl/α,β-unsaturated/α-hetero) is 1. The van der Waals surface area contributed by atoms with E-state index >= 15 is 0 Å². The van der Waals surface area contributed by atoms with Crippen LogP contribution in [0.15, 0.2) is 53.2 Å². The molecule has 0 aliphatic carbocycles. The summed E-state index contributed by atoms with van der Waals surface area (Å²) in [6, 6.07) is 7.69. The van der Waals surface area contributed by atoms with Crippen molar-refractivity contribution in [2.24, 2.45) is 17.8 Å². The van der Waals surface area contributed by atoms with Crippen LogP contribution >= 0.6 is 0 Å². The molecule has 9 heteroatoms. The number of rotatable bonds is 3. The van der Waals surface area contributed by atoms with Crippen molar-refractivity contribution >= 4 is 23.3 Å². The van der Waals surface area contributed by atoms with Gasteiger partial charge in [-0.1, -0.05) is 19.1 Å². The number of nitrogens with one attached hydrogen (secondary N) is 1. The maximum Gasteiger partial charge on any atom is 0.231 e. The summed E-state index contributed by atoms with van der Waals surface area (Å²) in [6.07, 6.45) is 4.93. The van der Waals surface area contributed by atoms with Crippen LogP contribution in [0.4, 0.5) is 5.69 Å². The van der Waals surface area contributed by atoms with Crippen LogP contribution in [0.25, 0.3) is 0 Å². The van der Waals surface area contributed by atoms with Crippen molar-refractivity contribution in [3.05, 3.63) is 54.5 Å². The van der Waals surface area contributed by atoms with Gasteiger partial charge in [0.1, 0.15) is 17.1 Å². The Balaban J connectivity index is 1.24. The van der Waals surface area contributed by atoms with E-state index in [1.807, 2.05) is 19.1 Å². The number of carbonyl (C=O) groups is 3. The fourth-order valence-electron chi connectivity index (χ4n) is 6.46. The van der Waals surface area contributed by atoms with Gasteiger partial charge >= 0.3 is 0 Å². The van der Waals surface area contributed by atoms with Crippen molar-refractivity contribution < 1.29 is 33.0 Å². The minimum absolute atomic E-state index is 0.0548. The van der Waals surface area contributed by atoms with Gasteiger partial charge in [0.2, 0.25) is 18.6 Å². The van der Waals surface area contributed by atoms with Gasteiger partial charge in [0.25, 0.3) is 0 Å². The van der Waals surface area contributed by atoms with Crippen molar-refractivity contribution in [3.63, 3.8) is 0 Å². The third-order valence-corrected chi connectivity index (χ3v) is 7.89. The number of nitrogens with zero attached hydrogens (tertiary/aromatic N) is 1. The highest BCUT2D eigenvalue weighted by Crippen LogP contribution is 2.60. The molecule has 9 nitrogen and oxygen atoms in total. The molecule has 2 bridgehead atoms. The lowest BCUT2D eigenvalue weighted by molar-refractivity contribution is -0.147. The van der Waals surface area contributed by atoms with Crippen LogP contribution < -0.4 is 14.8 Å². The second-order valence-electron chi connectivity index (χ2n) is 9.54. The molecule has 6 heterocycles. The largest absolute Gasteiger partial charge is 0.467 e. The van der Waals surface area contributed by atoms with Gasteiger partial charge in [-0.05, 0) is 24.3 Å². The van der Waals surface area contributed by atoms with Crippen LogP contribution in [0.3, 0.4) is 0 Å². The summed E-state index contributed by atoms with van der Waals surface area (Å²) in [5.74, 6) is -0.534. The zero-order valence-corrected chi connectivity index (χ0v) is 18.3. The molecular formula is C25H22N2O7. The Morgan fingerprint density at radius 2 is 2.03 bits per heavy atom. The van der Waals surface area contributed by atoms with Crippen molar-refractivity contribution in [1.82, 2.24) is 4.90 Å². The molecule has 34 heavy (non-hydrogen) atoms. The SMILES string of the molecule is C[C@H]1C(=O)C[C@@H](c2ccco2)N2C(=O)[C@@H]3[C@H](C(=O)Nc4ccc5c(c4)OCO5)[C@@H]4C=C[C@@]3(O4)[C@@H]12. The summed E-state index contributed by atoms with van der Waals surface area (Å²) in [5.41, 5.74) is -0.464. The predicted molar refractivity (Wildman–Crippen MR) is 116 cm³/mol. The first kappa shape index (κ1) is 19.8. The molecule has 1 aromatic heterocycles. The van der Waals surface area contributed by atoms with Crippen LogP contribution in [-0.4, -0.2) is 47.0 Å². The summed E-state index contributed by atoms with van der Waals surface area (Å²) < 4.78 is 22.7. The first-order valence-corrected chi connectivity index (χ1v) is 11.4. The number of amides is 2. The fourth-order valence-corrected chi connectivity index (χ4v) is 6.46. The summed E-state index contributed by atoms with van der Waals surface area (Å²) in [5, 5.41) is 2.92. The van der Waals surface area contributed by atoms with Gasteiger partial charge in [0.15, 0.2) is 11.5 Å². The van der Waals surface area contributed by atoms with Crippen LogP contribution in [0.1, 0.15) is 25.1 Å². The number of carbonyl (C=O) groups excluding carboxylic acids is 3.